The van der Waals surface area contributed by atoms with Crippen molar-refractivity contribution in [2.75, 3.05) is 0 Å². The van der Waals surface area contributed by atoms with Gasteiger partial charge < -0.3 is 9.72 Å². The molecule has 4 nitrogen and oxygen atoms in total. The summed E-state index contributed by atoms with van der Waals surface area (Å²) >= 11 is 0. The molecule has 3 aromatic rings. The SMILES string of the molecule is Cc1c2c(c(C)c3c1[nH]c1ccccc13)C(=O)OC2=O. The van der Waals surface area contributed by atoms with Crippen molar-refractivity contribution in [1.29, 1.82) is 0 Å². The first kappa shape index (κ1) is 11.2. The molecular formula is C16H11NO3. The predicted molar refractivity (Wildman–Crippen MR) is 75.0 cm³/mol. The smallest absolute Gasteiger partial charge is 0.347 e. The van der Waals surface area contributed by atoms with Crippen LogP contribution in [-0.4, -0.2) is 16.9 Å². The quantitative estimate of drug-likeness (QED) is 0.501. The molecule has 0 amide bonds. The third-order valence-electron chi connectivity index (χ3n) is 4.05. The molecule has 0 radical (unpaired) electrons. The molecule has 0 saturated heterocycles. The highest BCUT2D eigenvalue weighted by molar-refractivity contribution is 6.22. The van der Waals surface area contributed by atoms with Crippen molar-refractivity contribution in [3.05, 3.63) is 46.5 Å². The van der Waals surface area contributed by atoms with Crippen molar-refractivity contribution in [3.8, 4) is 0 Å². The number of aromatic nitrogens is 1. The fraction of sp³-hybridized carbons (Fsp3) is 0.125. The monoisotopic (exact) mass is 265 g/mol. The van der Waals surface area contributed by atoms with Gasteiger partial charge in [-0.1, -0.05) is 18.2 Å². The van der Waals surface area contributed by atoms with Gasteiger partial charge in [0.05, 0.1) is 16.6 Å². The molecule has 2 aromatic carbocycles. The van der Waals surface area contributed by atoms with Crippen molar-refractivity contribution in [1.82, 2.24) is 4.98 Å². The Labute approximate surface area is 114 Å². The van der Waals surface area contributed by atoms with Gasteiger partial charge in [0.25, 0.3) is 0 Å². The van der Waals surface area contributed by atoms with Gasteiger partial charge in [-0.3, -0.25) is 0 Å². The Morgan fingerprint density at radius 3 is 2.35 bits per heavy atom. The van der Waals surface area contributed by atoms with Crippen LogP contribution in [0.5, 0.6) is 0 Å². The topological polar surface area (TPSA) is 59.2 Å². The molecule has 2 heterocycles. The maximum atomic E-state index is 11.9. The largest absolute Gasteiger partial charge is 0.386 e. The van der Waals surface area contributed by atoms with Crippen LogP contribution in [0.3, 0.4) is 0 Å². The first-order chi connectivity index (χ1) is 9.59. The standard InChI is InChI=1S/C16H11NO3/c1-7-11-9-5-3-4-6-10(9)17-14(11)8(2)13-12(7)15(18)20-16(13)19/h3-6,17H,1-2H3. The molecular weight excluding hydrogens is 254 g/mol. The summed E-state index contributed by atoms with van der Waals surface area (Å²) in [6, 6.07) is 7.91. The van der Waals surface area contributed by atoms with Crippen LogP contribution in [-0.2, 0) is 4.74 Å². The van der Waals surface area contributed by atoms with Crippen LogP contribution in [0.4, 0.5) is 0 Å². The highest BCUT2D eigenvalue weighted by Crippen LogP contribution is 2.37. The summed E-state index contributed by atoms with van der Waals surface area (Å²) in [4.78, 5) is 27.1. The fourth-order valence-corrected chi connectivity index (χ4v) is 3.13. The van der Waals surface area contributed by atoms with Gasteiger partial charge in [0, 0.05) is 16.3 Å². The Balaban J connectivity index is 2.32. The van der Waals surface area contributed by atoms with Gasteiger partial charge >= 0.3 is 11.9 Å². The Bertz CT molecular complexity index is 934. The zero-order valence-electron chi connectivity index (χ0n) is 11.0. The number of carbonyl (C=O) groups excluding carboxylic acids is 2. The van der Waals surface area contributed by atoms with E-state index in [4.69, 9.17) is 4.74 Å². The van der Waals surface area contributed by atoms with Crippen LogP contribution in [0.15, 0.2) is 24.3 Å². The lowest BCUT2D eigenvalue weighted by Crippen LogP contribution is -1.99. The molecule has 98 valence electrons. The number of nitrogens with one attached hydrogen (secondary N) is 1. The van der Waals surface area contributed by atoms with E-state index >= 15 is 0 Å². The molecule has 20 heavy (non-hydrogen) atoms. The van der Waals surface area contributed by atoms with Crippen LogP contribution in [0.25, 0.3) is 21.8 Å². The number of aromatic amines is 1. The normalized spacial score (nSPS) is 14.1. The van der Waals surface area contributed by atoms with Crippen molar-refractivity contribution < 1.29 is 14.3 Å². The molecule has 0 fully saturated rings. The summed E-state index contributed by atoms with van der Waals surface area (Å²) in [6.07, 6.45) is 0. The van der Waals surface area contributed by atoms with E-state index in [1.807, 2.05) is 38.1 Å². The molecule has 0 aliphatic carbocycles. The van der Waals surface area contributed by atoms with E-state index in [0.29, 0.717) is 11.1 Å². The van der Waals surface area contributed by atoms with Gasteiger partial charge in [0.15, 0.2) is 0 Å². The lowest BCUT2D eigenvalue weighted by molar-refractivity contribution is 0.0443. The number of ether oxygens (including phenoxy) is 1. The first-order valence-electron chi connectivity index (χ1n) is 6.39. The molecule has 0 unspecified atom stereocenters. The van der Waals surface area contributed by atoms with Crippen molar-refractivity contribution in [2.45, 2.75) is 13.8 Å². The number of hydrogen-bond acceptors (Lipinski definition) is 3. The van der Waals surface area contributed by atoms with Crippen LogP contribution in [0.2, 0.25) is 0 Å². The fourth-order valence-electron chi connectivity index (χ4n) is 3.13. The summed E-state index contributed by atoms with van der Waals surface area (Å²) in [5.41, 5.74) is 4.27. The number of rotatable bonds is 0. The molecule has 1 aliphatic heterocycles. The molecule has 4 rings (SSSR count). The number of hydrogen-bond donors (Lipinski definition) is 1. The summed E-state index contributed by atoms with van der Waals surface area (Å²) in [7, 11) is 0. The molecule has 1 aliphatic rings. The second-order valence-electron chi connectivity index (χ2n) is 5.10. The summed E-state index contributed by atoms with van der Waals surface area (Å²) in [5, 5.41) is 2.04. The predicted octanol–water partition coefficient (Wildman–Crippen LogP) is 3.25. The minimum absolute atomic E-state index is 0.395. The second-order valence-corrected chi connectivity index (χ2v) is 5.10. The van der Waals surface area contributed by atoms with Crippen LogP contribution < -0.4 is 0 Å². The molecule has 0 saturated carbocycles. The maximum absolute atomic E-state index is 11.9. The third-order valence-corrected chi connectivity index (χ3v) is 4.05. The number of H-pyrrole nitrogens is 1. The van der Waals surface area contributed by atoms with Crippen molar-refractivity contribution >= 4 is 33.7 Å². The molecule has 0 bridgehead atoms. The number of benzene rings is 2. The number of esters is 2. The van der Waals surface area contributed by atoms with E-state index in [-0.39, 0.29) is 0 Å². The highest BCUT2D eigenvalue weighted by Gasteiger charge is 2.35. The maximum Gasteiger partial charge on any atom is 0.347 e. The number of para-hydroxylation sites is 1. The first-order valence-corrected chi connectivity index (χ1v) is 6.39. The van der Waals surface area contributed by atoms with Gasteiger partial charge in [-0.25, -0.2) is 9.59 Å². The van der Waals surface area contributed by atoms with Crippen molar-refractivity contribution in [2.24, 2.45) is 0 Å². The second kappa shape index (κ2) is 3.48. The third kappa shape index (κ3) is 1.16. The minimum atomic E-state index is -0.550. The lowest BCUT2D eigenvalue weighted by Gasteiger charge is -2.06. The van der Waals surface area contributed by atoms with E-state index in [0.717, 1.165) is 32.9 Å². The van der Waals surface area contributed by atoms with Crippen LogP contribution in [0, 0.1) is 13.8 Å². The minimum Gasteiger partial charge on any atom is -0.386 e. The van der Waals surface area contributed by atoms with Gasteiger partial charge in [-0.05, 0) is 31.0 Å². The summed E-state index contributed by atoms with van der Waals surface area (Å²) in [5.74, 6) is -1.09. The van der Waals surface area contributed by atoms with E-state index in [1.54, 1.807) is 0 Å². The Kier molecular flexibility index (Phi) is 1.95. The molecule has 0 atom stereocenters. The van der Waals surface area contributed by atoms with Gasteiger partial charge in [-0.2, -0.15) is 0 Å². The molecule has 4 heteroatoms. The van der Waals surface area contributed by atoms with Crippen LogP contribution >= 0.6 is 0 Å². The van der Waals surface area contributed by atoms with E-state index < -0.39 is 11.9 Å². The van der Waals surface area contributed by atoms with Gasteiger partial charge in [0.1, 0.15) is 0 Å². The number of carbonyl (C=O) groups is 2. The van der Waals surface area contributed by atoms with Crippen molar-refractivity contribution in [3.63, 3.8) is 0 Å². The lowest BCUT2D eigenvalue weighted by atomic mass is 9.94. The van der Waals surface area contributed by atoms with E-state index in [1.165, 1.54) is 0 Å². The average molecular weight is 265 g/mol. The molecule has 1 aromatic heterocycles. The Hall–Kier alpha value is -2.62. The highest BCUT2D eigenvalue weighted by atomic mass is 16.6. The summed E-state index contributed by atoms with van der Waals surface area (Å²) in [6.45, 7) is 3.70. The molecule has 1 N–H and O–H groups in total. The molecule has 0 spiro atoms. The average Bonchev–Trinajstić information content (AvgIpc) is 2.94. The number of fused-ring (bicyclic) bond motifs is 4. The van der Waals surface area contributed by atoms with Gasteiger partial charge in [-0.15, -0.1) is 0 Å². The number of cyclic esters (lactones) is 2. The summed E-state index contributed by atoms with van der Waals surface area (Å²) < 4.78 is 4.75. The Morgan fingerprint density at radius 2 is 1.60 bits per heavy atom. The van der Waals surface area contributed by atoms with Crippen LogP contribution in [0.1, 0.15) is 31.8 Å². The van der Waals surface area contributed by atoms with E-state index in [9.17, 15) is 9.59 Å². The number of aryl methyl sites for hydroxylation is 2. The van der Waals surface area contributed by atoms with E-state index in [2.05, 4.69) is 4.98 Å². The van der Waals surface area contributed by atoms with Gasteiger partial charge in [0.2, 0.25) is 0 Å². The zero-order valence-corrected chi connectivity index (χ0v) is 11.0. The Morgan fingerprint density at radius 1 is 0.950 bits per heavy atom. The zero-order chi connectivity index (χ0) is 14.0.